The highest BCUT2D eigenvalue weighted by atomic mass is 32.1. The summed E-state index contributed by atoms with van der Waals surface area (Å²) in [6.45, 7) is 0.103. The van der Waals surface area contributed by atoms with E-state index in [1.165, 1.54) is 30.9 Å². The van der Waals surface area contributed by atoms with Crippen LogP contribution < -0.4 is 10.4 Å². The van der Waals surface area contributed by atoms with Crippen LogP contribution in [-0.4, -0.2) is 34.7 Å². The molecule has 0 saturated carbocycles. The maximum Gasteiger partial charge on any atom is 0.369 e. The van der Waals surface area contributed by atoms with Crippen molar-refractivity contribution in [1.82, 2.24) is 34.7 Å². The Labute approximate surface area is 117 Å². The number of hydrogen-bond donors (Lipinski definition) is 0. The van der Waals surface area contributed by atoms with Crippen molar-refractivity contribution in [2.75, 3.05) is 0 Å². The number of aromatic nitrogens is 7. The smallest absolute Gasteiger partial charge is 0.369 e. The number of hydrogen-bond acceptors (Lipinski definition) is 8. The van der Waals surface area contributed by atoms with E-state index in [9.17, 15) is 4.79 Å². The molecule has 20 heavy (non-hydrogen) atoms. The molecule has 0 fully saturated rings. The van der Waals surface area contributed by atoms with Crippen LogP contribution in [0.25, 0.3) is 5.82 Å². The molecule has 0 N–H and O–H groups in total. The molecule has 0 amide bonds. The normalized spacial score (nSPS) is 11.3. The fourth-order valence-corrected chi connectivity index (χ4v) is 1.92. The SMILES string of the molecule is [3H]c1csc(OCc2cncnc2-n2nnn(C)c2=O)n1. The van der Waals surface area contributed by atoms with Crippen LogP contribution in [0.15, 0.2) is 28.9 Å². The van der Waals surface area contributed by atoms with Gasteiger partial charge in [-0.3, -0.25) is 0 Å². The van der Waals surface area contributed by atoms with Crippen molar-refractivity contribution >= 4 is 11.3 Å². The molecular formula is C10H9N7O2S. The van der Waals surface area contributed by atoms with E-state index in [1.807, 2.05) is 0 Å². The van der Waals surface area contributed by atoms with Crippen molar-refractivity contribution in [1.29, 1.82) is 0 Å². The lowest BCUT2D eigenvalue weighted by atomic mass is 10.3. The van der Waals surface area contributed by atoms with Gasteiger partial charge in [-0.1, -0.05) is 11.3 Å². The molecule has 3 aromatic heterocycles. The van der Waals surface area contributed by atoms with Crippen molar-refractivity contribution in [3.05, 3.63) is 40.1 Å². The molecule has 0 aliphatic carbocycles. The molecule has 3 heterocycles. The molecule has 0 radical (unpaired) electrons. The highest BCUT2D eigenvalue weighted by molar-refractivity contribution is 7.11. The molecule has 10 heteroatoms. The highest BCUT2D eigenvalue weighted by Crippen LogP contribution is 2.16. The van der Waals surface area contributed by atoms with Gasteiger partial charge in [0.25, 0.3) is 5.19 Å². The Morgan fingerprint density at radius 3 is 3.05 bits per heavy atom. The van der Waals surface area contributed by atoms with Crippen molar-refractivity contribution in [3.8, 4) is 11.0 Å². The molecule has 0 aromatic carbocycles. The van der Waals surface area contributed by atoms with Crippen LogP contribution in [0.5, 0.6) is 5.19 Å². The van der Waals surface area contributed by atoms with E-state index in [1.54, 1.807) is 5.38 Å². The average Bonchev–Trinajstić information content (AvgIpc) is 3.04. The zero-order chi connectivity index (χ0) is 14.8. The molecule has 102 valence electrons. The van der Waals surface area contributed by atoms with Crippen molar-refractivity contribution in [2.24, 2.45) is 7.05 Å². The molecule has 3 aromatic rings. The van der Waals surface area contributed by atoms with E-state index in [2.05, 4.69) is 25.4 Å². The van der Waals surface area contributed by atoms with Gasteiger partial charge in [-0.2, -0.15) is 4.68 Å². The number of ether oxygens (including phenoxy) is 1. The first kappa shape index (κ1) is 11.2. The quantitative estimate of drug-likeness (QED) is 0.656. The van der Waals surface area contributed by atoms with Crippen LogP contribution >= 0.6 is 11.3 Å². The largest absolute Gasteiger partial charge is 0.465 e. The molecule has 0 spiro atoms. The average molecular weight is 293 g/mol. The van der Waals surface area contributed by atoms with E-state index in [4.69, 9.17) is 6.11 Å². The molecule has 0 saturated heterocycles. The van der Waals surface area contributed by atoms with Crippen molar-refractivity contribution < 1.29 is 6.11 Å². The Balaban J connectivity index is 1.89. The van der Waals surface area contributed by atoms with Crippen LogP contribution in [0.2, 0.25) is 0 Å². The lowest BCUT2D eigenvalue weighted by molar-refractivity contribution is 0.302. The number of rotatable bonds is 4. The topological polar surface area (TPSA) is 101 Å². The Morgan fingerprint density at radius 1 is 1.45 bits per heavy atom. The first-order valence-electron chi connectivity index (χ1n) is 5.98. The zero-order valence-electron chi connectivity index (χ0n) is 11.3. The van der Waals surface area contributed by atoms with E-state index < -0.39 is 5.69 Å². The summed E-state index contributed by atoms with van der Waals surface area (Å²) in [6.07, 6.45) is 2.98. The second-order valence-corrected chi connectivity index (χ2v) is 4.52. The number of nitrogens with zero attached hydrogens (tertiary/aromatic N) is 7. The van der Waals surface area contributed by atoms with Gasteiger partial charge in [0.05, 0.1) is 6.93 Å². The standard InChI is InChI=1S/C10H9N7O2S/c1-16-10(18)17(15-14-16)8-7(4-11-6-13-8)5-19-9-12-2-3-20-9/h2-4,6H,5H2,1H3/i2T. The lowest BCUT2D eigenvalue weighted by Gasteiger charge is -2.06. The summed E-state index contributed by atoms with van der Waals surface area (Å²) in [7, 11) is 1.49. The van der Waals surface area contributed by atoms with Gasteiger partial charge in [-0.15, -0.1) is 4.68 Å². The van der Waals surface area contributed by atoms with E-state index in [-0.39, 0.29) is 12.8 Å². The minimum atomic E-state index is -0.419. The Hall–Kier alpha value is -2.62. The third-order valence-electron chi connectivity index (χ3n) is 2.41. The molecule has 0 aliphatic rings. The summed E-state index contributed by atoms with van der Waals surface area (Å²) < 4.78 is 15.0. The highest BCUT2D eigenvalue weighted by Gasteiger charge is 2.13. The van der Waals surface area contributed by atoms with Gasteiger partial charge in [0.2, 0.25) is 0 Å². The minimum absolute atomic E-state index is 0.103. The van der Waals surface area contributed by atoms with Crippen LogP contribution in [-0.2, 0) is 13.7 Å². The first-order valence-corrected chi connectivity index (χ1v) is 6.36. The first-order chi connectivity index (χ1) is 10.1. The predicted octanol–water partition coefficient (Wildman–Crippen LogP) is -0.209. The summed E-state index contributed by atoms with van der Waals surface area (Å²) in [5.74, 6) is 0.297. The maximum atomic E-state index is 11.9. The summed E-state index contributed by atoms with van der Waals surface area (Å²) in [5, 5.41) is 9.29. The Kier molecular flexibility index (Phi) is 2.90. The lowest BCUT2D eigenvalue weighted by Crippen LogP contribution is -2.24. The van der Waals surface area contributed by atoms with Crippen LogP contribution in [0.4, 0.5) is 0 Å². The Morgan fingerprint density at radius 2 is 2.35 bits per heavy atom. The van der Waals surface area contributed by atoms with Gasteiger partial charge in [-0.25, -0.2) is 19.7 Å². The number of thiazole rings is 1. The predicted molar refractivity (Wildman–Crippen MR) is 68.6 cm³/mol. The summed E-state index contributed by atoms with van der Waals surface area (Å²) >= 11 is 1.22. The number of tetrazole rings is 1. The monoisotopic (exact) mass is 293 g/mol. The van der Waals surface area contributed by atoms with E-state index >= 15 is 0 Å². The molecule has 0 unspecified atom stereocenters. The molecule has 3 rings (SSSR count). The van der Waals surface area contributed by atoms with Crippen LogP contribution in [0.3, 0.4) is 0 Å². The Bertz CT molecular complexity index is 827. The molecular weight excluding hydrogens is 282 g/mol. The molecule has 0 atom stereocenters. The van der Waals surface area contributed by atoms with Gasteiger partial charge < -0.3 is 4.74 Å². The van der Waals surface area contributed by atoms with Gasteiger partial charge in [0, 0.05) is 24.8 Å². The molecule has 0 bridgehead atoms. The molecule has 9 nitrogen and oxygen atoms in total. The fraction of sp³-hybridized carbons (Fsp3) is 0.200. The van der Waals surface area contributed by atoms with Crippen molar-refractivity contribution in [2.45, 2.75) is 6.61 Å². The fourth-order valence-electron chi connectivity index (χ4n) is 1.48. The van der Waals surface area contributed by atoms with Crippen LogP contribution in [0.1, 0.15) is 6.93 Å². The summed E-state index contributed by atoms with van der Waals surface area (Å²) in [4.78, 5) is 23.7. The van der Waals surface area contributed by atoms with Gasteiger partial charge in [-0.05, 0) is 10.4 Å². The third-order valence-corrected chi connectivity index (χ3v) is 3.04. The second kappa shape index (κ2) is 5.17. The minimum Gasteiger partial charge on any atom is -0.465 e. The maximum absolute atomic E-state index is 11.9. The third kappa shape index (κ3) is 2.28. The van der Waals surface area contributed by atoms with Gasteiger partial charge in [0.15, 0.2) is 5.82 Å². The zero-order valence-corrected chi connectivity index (χ0v) is 11.1. The summed E-state index contributed by atoms with van der Waals surface area (Å²) in [5.41, 5.74) is 0.138. The van der Waals surface area contributed by atoms with E-state index in [0.29, 0.717) is 16.6 Å². The number of aryl methyl sites for hydroxylation is 1. The second-order valence-electron chi connectivity index (χ2n) is 3.70. The van der Waals surface area contributed by atoms with Crippen LogP contribution in [0, 0.1) is 0 Å². The van der Waals surface area contributed by atoms with Crippen molar-refractivity contribution in [3.63, 3.8) is 0 Å². The van der Waals surface area contributed by atoms with E-state index in [0.717, 1.165) is 9.36 Å². The van der Waals surface area contributed by atoms with Gasteiger partial charge in [0.1, 0.15) is 12.9 Å². The molecule has 0 aliphatic heterocycles. The summed E-state index contributed by atoms with van der Waals surface area (Å²) in [6, 6.07) is 0. The van der Waals surface area contributed by atoms with Gasteiger partial charge >= 0.3 is 5.69 Å².